The lowest BCUT2D eigenvalue weighted by Gasteiger charge is -2.20. The Morgan fingerprint density at radius 3 is 0.929 bits per heavy atom. The van der Waals surface area contributed by atoms with Crippen LogP contribution in [0.2, 0.25) is 0 Å². The lowest BCUT2D eigenvalue weighted by atomic mass is 10.0. The minimum atomic E-state index is -0.844. The van der Waals surface area contributed by atoms with Crippen molar-refractivity contribution in [1.82, 2.24) is 5.32 Å². The van der Waals surface area contributed by atoms with Crippen molar-refractivity contribution in [2.24, 2.45) is 0 Å². The minimum Gasteiger partial charge on any atom is -0.466 e. The van der Waals surface area contributed by atoms with Gasteiger partial charge in [-0.25, -0.2) is 0 Å². The summed E-state index contributed by atoms with van der Waals surface area (Å²) < 4.78 is 5.51. The molecule has 6 nitrogen and oxygen atoms in total. The number of hydrogen-bond donors (Lipinski definition) is 3. The number of amides is 1. The molecule has 0 aromatic rings. The van der Waals surface area contributed by atoms with Gasteiger partial charge in [0.2, 0.25) is 5.91 Å². The Morgan fingerprint density at radius 1 is 0.333 bits per heavy atom. The first kappa shape index (κ1) is 82.1. The molecule has 0 radical (unpaired) electrons. The quantitative estimate of drug-likeness (QED) is 0.0320. The molecule has 84 heavy (non-hydrogen) atoms. The van der Waals surface area contributed by atoms with Crippen molar-refractivity contribution < 1.29 is 24.5 Å². The molecule has 0 rings (SSSR count). The molecule has 0 aliphatic carbocycles. The number of hydrogen-bond acceptors (Lipinski definition) is 5. The predicted octanol–water partition coefficient (Wildman–Crippen LogP) is 25.0. The van der Waals surface area contributed by atoms with E-state index in [9.17, 15) is 19.8 Å². The zero-order valence-electron chi connectivity index (χ0n) is 56.9. The lowest BCUT2D eigenvalue weighted by Crippen LogP contribution is -2.45. The second-order valence-electron chi connectivity index (χ2n) is 26.3. The van der Waals surface area contributed by atoms with Gasteiger partial charge >= 0.3 is 5.97 Å². The van der Waals surface area contributed by atoms with Crippen LogP contribution in [0.1, 0.15) is 425 Å². The molecule has 0 aromatic carbocycles. The van der Waals surface area contributed by atoms with E-state index in [4.69, 9.17) is 4.74 Å². The van der Waals surface area contributed by atoms with E-state index in [1.165, 1.54) is 347 Å². The van der Waals surface area contributed by atoms with Crippen molar-refractivity contribution in [2.75, 3.05) is 13.2 Å². The molecular formula is C78H149NO5. The highest BCUT2D eigenvalue weighted by atomic mass is 16.5. The van der Waals surface area contributed by atoms with Crippen LogP contribution in [0.5, 0.6) is 0 Å². The van der Waals surface area contributed by atoms with Gasteiger partial charge in [0.05, 0.1) is 25.4 Å². The number of ether oxygens (including phenoxy) is 1. The Balaban J connectivity index is 3.37. The topological polar surface area (TPSA) is 95.9 Å². The van der Waals surface area contributed by atoms with E-state index < -0.39 is 12.1 Å². The fourth-order valence-electron chi connectivity index (χ4n) is 12.1. The molecule has 2 unspecified atom stereocenters. The van der Waals surface area contributed by atoms with Gasteiger partial charge in [-0.05, 0) is 64.2 Å². The first-order valence-electron chi connectivity index (χ1n) is 38.3. The highest BCUT2D eigenvalue weighted by Crippen LogP contribution is 2.19. The van der Waals surface area contributed by atoms with Crippen LogP contribution in [0.3, 0.4) is 0 Å². The maximum absolute atomic E-state index is 12.5. The average molecular weight is 1180 g/mol. The fraction of sp³-hybridized carbons (Fsp3) is 0.897. The summed E-state index contributed by atoms with van der Waals surface area (Å²) in [5, 5.41) is 23.3. The van der Waals surface area contributed by atoms with E-state index in [0.29, 0.717) is 19.4 Å². The van der Waals surface area contributed by atoms with Gasteiger partial charge in [-0.3, -0.25) is 9.59 Å². The van der Waals surface area contributed by atoms with E-state index >= 15 is 0 Å². The Bertz CT molecular complexity index is 1360. The first-order chi connectivity index (χ1) is 41.5. The maximum atomic E-state index is 12.5. The van der Waals surface area contributed by atoms with E-state index in [0.717, 1.165) is 51.4 Å². The van der Waals surface area contributed by atoms with E-state index in [2.05, 4.69) is 43.5 Å². The second kappa shape index (κ2) is 73.5. The molecule has 0 aliphatic rings. The molecule has 2 atom stereocenters. The first-order valence-corrected chi connectivity index (χ1v) is 38.3. The number of carbonyl (C=O) groups is 2. The highest BCUT2D eigenvalue weighted by molar-refractivity contribution is 5.76. The molecule has 0 aliphatic heterocycles. The van der Waals surface area contributed by atoms with Crippen molar-refractivity contribution in [2.45, 2.75) is 437 Å². The Morgan fingerprint density at radius 2 is 0.595 bits per heavy atom. The molecular weight excluding hydrogens is 1030 g/mol. The van der Waals surface area contributed by atoms with Crippen molar-refractivity contribution in [3.8, 4) is 0 Å². The molecule has 496 valence electrons. The molecule has 6 heteroatoms. The Hall–Kier alpha value is -1.92. The van der Waals surface area contributed by atoms with Gasteiger partial charge < -0.3 is 20.3 Å². The number of aliphatic hydroxyl groups excluding tert-OH is 2. The number of carbonyl (C=O) groups excluding carboxylic acids is 2. The Labute approximate surface area is 525 Å². The predicted molar refractivity (Wildman–Crippen MR) is 370 cm³/mol. The smallest absolute Gasteiger partial charge is 0.305 e. The number of unbranched alkanes of at least 4 members (excludes halogenated alkanes) is 57. The van der Waals surface area contributed by atoms with Crippen LogP contribution in [0, 0.1) is 0 Å². The fourth-order valence-corrected chi connectivity index (χ4v) is 12.1. The molecule has 0 bridgehead atoms. The molecule has 0 heterocycles. The van der Waals surface area contributed by atoms with Crippen LogP contribution in [-0.4, -0.2) is 47.4 Å². The molecule has 0 saturated carbocycles. The minimum absolute atomic E-state index is 0.0139. The normalized spacial score (nSPS) is 12.7. The standard InChI is InChI=1S/C78H149NO5/c1-3-5-7-9-11-13-15-17-19-21-23-24-31-35-38-42-46-50-54-58-62-66-70-76(81)75(74-80)79-77(82)71-67-63-59-55-51-47-43-39-36-32-29-27-25-26-28-30-33-37-41-45-49-53-57-61-65-69-73-84-78(83)72-68-64-60-56-52-48-44-40-34-22-20-18-16-14-12-10-8-6-4-2/h12,14,18,20,66,70,75-76,80-81H,3-11,13,15-17,19,21-65,67-69,71-74H2,1-2H3,(H,79,82)/b14-12-,20-18-,70-66+. The van der Waals surface area contributed by atoms with Crippen molar-refractivity contribution in [3.63, 3.8) is 0 Å². The van der Waals surface area contributed by atoms with Crippen LogP contribution in [0.4, 0.5) is 0 Å². The number of allylic oxidation sites excluding steroid dienone is 5. The largest absolute Gasteiger partial charge is 0.466 e. The van der Waals surface area contributed by atoms with Crippen LogP contribution in [-0.2, 0) is 14.3 Å². The summed E-state index contributed by atoms with van der Waals surface area (Å²) in [5.41, 5.74) is 0. The van der Waals surface area contributed by atoms with Gasteiger partial charge in [0, 0.05) is 12.8 Å². The molecule has 1 amide bonds. The van der Waals surface area contributed by atoms with Crippen molar-refractivity contribution >= 4 is 11.9 Å². The SMILES string of the molecule is CCCCC/C=C\C/C=C\CCCCCCCCCCCC(=O)OCCCCCCCCCCCCCCCCCCCCCCCCCCCCC(=O)NC(CO)C(O)/C=C/CCCCCCCCCCCCCCCCCCCCCC. The van der Waals surface area contributed by atoms with Crippen LogP contribution >= 0.6 is 0 Å². The summed E-state index contributed by atoms with van der Waals surface area (Å²) in [6.45, 7) is 4.92. The van der Waals surface area contributed by atoms with Crippen molar-refractivity contribution in [3.05, 3.63) is 36.5 Å². The monoisotopic (exact) mass is 1180 g/mol. The third-order valence-corrected chi connectivity index (χ3v) is 17.9. The molecule has 0 fully saturated rings. The summed E-state index contributed by atoms with van der Waals surface area (Å²) >= 11 is 0. The average Bonchev–Trinajstić information content (AvgIpc) is 3.51. The highest BCUT2D eigenvalue weighted by Gasteiger charge is 2.18. The summed E-state index contributed by atoms with van der Waals surface area (Å²) in [6.07, 6.45) is 95.3. The third-order valence-electron chi connectivity index (χ3n) is 17.9. The number of rotatable bonds is 72. The Kier molecular flexibility index (Phi) is 71.9. The summed E-state index contributed by atoms with van der Waals surface area (Å²) in [4.78, 5) is 24.7. The maximum Gasteiger partial charge on any atom is 0.305 e. The van der Waals surface area contributed by atoms with E-state index in [1.54, 1.807) is 6.08 Å². The van der Waals surface area contributed by atoms with Gasteiger partial charge in [0.25, 0.3) is 0 Å². The second-order valence-corrected chi connectivity index (χ2v) is 26.3. The van der Waals surface area contributed by atoms with Gasteiger partial charge in [0.15, 0.2) is 0 Å². The zero-order chi connectivity index (χ0) is 60.6. The molecule has 0 spiro atoms. The van der Waals surface area contributed by atoms with Crippen molar-refractivity contribution in [1.29, 1.82) is 0 Å². The van der Waals surface area contributed by atoms with Crippen LogP contribution in [0.25, 0.3) is 0 Å². The zero-order valence-corrected chi connectivity index (χ0v) is 56.9. The number of esters is 1. The molecule has 0 aromatic heterocycles. The number of aliphatic hydroxyl groups is 2. The summed E-state index contributed by atoms with van der Waals surface area (Å²) in [5.74, 6) is -0.0474. The van der Waals surface area contributed by atoms with Gasteiger partial charge in [0.1, 0.15) is 0 Å². The van der Waals surface area contributed by atoms with Gasteiger partial charge in [-0.1, -0.05) is 384 Å². The lowest BCUT2D eigenvalue weighted by molar-refractivity contribution is -0.143. The van der Waals surface area contributed by atoms with Gasteiger partial charge in [-0.15, -0.1) is 0 Å². The third kappa shape index (κ3) is 69.2. The number of nitrogens with one attached hydrogen (secondary N) is 1. The van der Waals surface area contributed by atoms with E-state index in [1.807, 2.05) is 6.08 Å². The van der Waals surface area contributed by atoms with Crippen LogP contribution in [0.15, 0.2) is 36.5 Å². The van der Waals surface area contributed by atoms with E-state index in [-0.39, 0.29) is 18.5 Å². The summed E-state index contributed by atoms with van der Waals surface area (Å²) in [6, 6.07) is -0.628. The van der Waals surface area contributed by atoms with Gasteiger partial charge in [-0.2, -0.15) is 0 Å². The molecule has 3 N–H and O–H groups in total. The molecule has 0 saturated heterocycles. The summed E-state index contributed by atoms with van der Waals surface area (Å²) in [7, 11) is 0. The van der Waals surface area contributed by atoms with Crippen LogP contribution < -0.4 is 5.32 Å².